The summed E-state index contributed by atoms with van der Waals surface area (Å²) >= 11 is 13.2. The molecule has 1 aromatic rings. The molecule has 0 aromatic carbocycles. The zero-order chi connectivity index (χ0) is 12.6. The zero-order valence-electron chi connectivity index (χ0n) is 9.24. The van der Waals surface area contributed by atoms with Gasteiger partial charge in [-0.05, 0) is 18.5 Å². The van der Waals surface area contributed by atoms with E-state index in [1.807, 2.05) is 6.92 Å². The molecule has 3 nitrogen and oxygen atoms in total. The van der Waals surface area contributed by atoms with Gasteiger partial charge in [0.2, 0.25) is 0 Å². The summed E-state index contributed by atoms with van der Waals surface area (Å²) < 4.78 is 24.9. The van der Waals surface area contributed by atoms with Crippen molar-refractivity contribution in [2.24, 2.45) is 5.92 Å². The van der Waals surface area contributed by atoms with Crippen LogP contribution >= 0.6 is 34.5 Å². The van der Waals surface area contributed by atoms with Gasteiger partial charge in [0, 0.05) is 11.6 Å². The van der Waals surface area contributed by atoms with Gasteiger partial charge in [-0.25, -0.2) is 8.42 Å². The Bertz CT molecular complexity index is 512. The van der Waals surface area contributed by atoms with Crippen molar-refractivity contribution >= 4 is 44.4 Å². The molecule has 1 aromatic heterocycles. The number of nitrogens with one attached hydrogen (secondary N) is 1. The predicted octanol–water partition coefficient (Wildman–Crippen LogP) is 2.75. The van der Waals surface area contributed by atoms with Crippen LogP contribution in [-0.4, -0.2) is 26.5 Å². The Labute approximate surface area is 115 Å². The lowest BCUT2D eigenvalue weighted by molar-refractivity contribution is 0.518. The molecule has 0 amide bonds. The summed E-state index contributed by atoms with van der Waals surface area (Å²) in [6, 6.07) is 1.50. The highest BCUT2D eigenvalue weighted by Gasteiger charge is 2.29. The summed E-state index contributed by atoms with van der Waals surface area (Å²) in [4.78, 5) is 0. The van der Waals surface area contributed by atoms with Crippen molar-refractivity contribution in [2.75, 3.05) is 18.1 Å². The molecular formula is C10H13Cl2NO2S2. The van der Waals surface area contributed by atoms with E-state index in [1.54, 1.807) is 6.07 Å². The van der Waals surface area contributed by atoms with E-state index >= 15 is 0 Å². The van der Waals surface area contributed by atoms with Gasteiger partial charge in [-0.1, -0.05) is 30.1 Å². The molecule has 2 heterocycles. The highest BCUT2D eigenvalue weighted by atomic mass is 35.5. The van der Waals surface area contributed by atoms with Crippen LogP contribution in [0, 0.1) is 5.92 Å². The van der Waals surface area contributed by atoms with E-state index in [0.29, 0.717) is 15.2 Å². The number of rotatable bonds is 1. The molecular weight excluding hydrogens is 301 g/mol. The van der Waals surface area contributed by atoms with E-state index in [0.717, 1.165) is 5.56 Å². The van der Waals surface area contributed by atoms with Gasteiger partial charge in [-0.2, -0.15) is 0 Å². The maximum Gasteiger partial charge on any atom is 0.152 e. The molecule has 0 bridgehead atoms. The first kappa shape index (κ1) is 13.6. The molecule has 0 aliphatic carbocycles. The average Bonchev–Trinajstić information content (AvgIpc) is 2.43. The molecule has 2 rings (SSSR count). The fourth-order valence-electron chi connectivity index (χ4n) is 2.01. The minimum absolute atomic E-state index is 0.0874. The lowest BCUT2D eigenvalue weighted by Crippen LogP contribution is -2.26. The predicted molar refractivity (Wildman–Crippen MR) is 72.9 cm³/mol. The first-order valence-corrected chi connectivity index (χ1v) is 8.65. The van der Waals surface area contributed by atoms with Gasteiger partial charge in [0.1, 0.15) is 0 Å². The van der Waals surface area contributed by atoms with Crippen molar-refractivity contribution < 1.29 is 8.42 Å². The Hall–Kier alpha value is 0.190. The lowest BCUT2D eigenvalue weighted by Gasteiger charge is -2.14. The van der Waals surface area contributed by atoms with Crippen LogP contribution in [0.25, 0.3) is 0 Å². The third-order valence-electron chi connectivity index (χ3n) is 2.73. The van der Waals surface area contributed by atoms with Gasteiger partial charge >= 0.3 is 0 Å². The third-order valence-corrected chi connectivity index (χ3v) is 6.17. The summed E-state index contributed by atoms with van der Waals surface area (Å²) in [5, 5.41) is 3.24. The van der Waals surface area contributed by atoms with Crippen LogP contribution in [0.1, 0.15) is 18.5 Å². The molecule has 1 saturated heterocycles. The molecule has 1 aliphatic heterocycles. The topological polar surface area (TPSA) is 46.2 Å². The van der Waals surface area contributed by atoms with Crippen molar-refractivity contribution in [3.63, 3.8) is 0 Å². The highest BCUT2D eigenvalue weighted by Crippen LogP contribution is 2.36. The minimum atomic E-state index is -3.03. The maximum absolute atomic E-state index is 11.9. The molecule has 17 heavy (non-hydrogen) atoms. The summed E-state index contributed by atoms with van der Waals surface area (Å²) in [6.45, 7) is 2.60. The molecule has 2 unspecified atom stereocenters. The average molecular weight is 314 g/mol. The van der Waals surface area contributed by atoms with E-state index in [2.05, 4.69) is 5.32 Å². The second-order valence-electron chi connectivity index (χ2n) is 4.42. The monoisotopic (exact) mass is 313 g/mol. The lowest BCUT2D eigenvalue weighted by atomic mass is 10.1. The zero-order valence-corrected chi connectivity index (χ0v) is 12.4. The quantitative estimate of drug-likeness (QED) is 0.867. The first-order valence-electron chi connectivity index (χ1n) is 5.26. The van der Waals surface area contributed by atoms with E-state index in [-0.39, 0.29) is 23.5 Å². The Morgan fingerprint density at radius 2 is 2.12 bits per heavy atom. The van der Waals surface area contributed by atoms with Crippen LogP contribution in [0.2, 0.25) is 8.67 Å². The van der Waals surface area contributed by atoms with Crippen molar-refractivity contribution in [1.29, 1.82) is 0 Å². The molecule has 0 spiro atoms. The van der Waals surface area contributed by atoms with Crippen LogP contribution in [-0.2, 0) is 9.84 Å². The second kappa shape index (κ2) is 5.05. The SMILES string of the molecule is CC1CNC(c2cc(Cl)sc2Cl)CS(=O)(=O)C1. The van der Waals surface area contributed by atoms with E-state index in [9.17, 15) is 8.42 Å². The first-order chi connectivity index (χ1) is 7.87. The standard InChI is InChI=1S/C10H13Cl2NO2S2/c1-6-3-13-8(5-17(14,15)4-6)7-2-9(11)16-10(7)12/h2,6,8,13H,3-5H2,1H3. The van der Waals surface area contributed by atoms with Crippen LogP contribution in [0.4, 0.5) is 0 Å². The fraction of sp³-hybridized carbons (Fsp3) is 0.600. The number of sulfone groups is 1. The second-order valence-corrected chi connectivity index (χ2v) is 8.86. The van der Waals surface area contributed by atoms with Crippen LogP contribution < -0.4 is 5.32 Å². The molecule has 0 radical (unpaired) electrons. The largest absolute Gasteiger partial charge is 0.309 e. The van der Waals surface area contributed by atoms with Crippen LogP contribution in [0.5, 0.6) is 0 Å². The number of thiophene rings is 1. The molecule has 7 heteroatoms. The van der Waals surface area contributed by atoms with Gasteiger partial charge in [0.05, 0.1) is 20.2 Å². The Morgan fingerprint density at radius 1 is 1.41 bits per heavy atom. The van der Waals surface area contributed by atoms with Gasteiger partial charge in [-0.15, -0.1) is 11.3 Å². The normalized spacial score (nSPS) is 28.9. The molecule has 1 N–H and O–H groups in total. The van der Waals surface area contributed by atoms with E-state index < -0.39 is 9.84 Å². The smallest absolute Gasteiger partial charge is 0.152 e. The molecule has 1 fully saturated rings. The minimum Gasteiger partial charge on any atom is -0.309 e. The Balaban J connectivity index is 2.30. The Morgan fingerprint density at radius 3 is 2.71 bits per heavy atom. The maximum atomic E-state index is 11.9. The van der Waals surface area contributed by atoms with Crippen molar-refractivity contribution in [3.8, 4) is 0 Å². The van der Waals surface area contributed by atoms with Gasteiger partial charge in [0.15, 0.2) is 9.84 Å². The summed E-state index contributed by atoms with van der Waals surface area (Å²) in [5.41, 5.74) is 0.791. The Kier molecular flexibility index (Phi) is 4.05. The van der Waals surface area contributed by atoms with Crippen molar-refractivity contribution in [3.05, 3.63) is 20.3 Å². The number of halogens is 2. The highest BCUT2D eigenvalue weighted by molar-refractivity contribution is 7.91. The summed E-state index contributed by atoms with van der Waals surface area (Å²) in [5.74, 6) is 0.439. The van der Waals surface area contributed by atoms with Gasteiger partial charge in [0.25, 0.3) is 0 Å². The van der Waals surface area contributed by atoms with E-state index in [1.165, 1.54) is 11.3 Å². The van der Waals surface area contributed by atoms with Crippen molar-refractivity contribution in [2.45, 2.75) is 13.0 Å². The molecule has 0 saturated carbocycles. The van der Waals surface area contributed by atoms with Gasteiger partial charge < -0.3 is 5.32 Å². The number of hydrogen-bond acceptors (Lipinski definition) is 4. The third kappa shape index (κ3) is 3.35. The van der Waals surface area contributed by atoms with Gasteiger partial charge in [-0.3, -0.25) is 0 Å². The van der Waals surface area contributed by atoms with Crippen LogP contribution in [0.3, 0.4) is 0 Å². The van der Waals surface area contributed by atoms with Crippen LogP contribution in [0.15, 0.2) is 6.07 Å². The molecule has 2 atom stereocenters. The summed E-state index contributed by atoms with van der Waals surface area (Å²) in [6.07, 6.45) is 0. The van der Waals surface area contributed by atoms with Crippen molar-refractivity contribution in [1.82, 2.24) is 5.32 Å². The molecule has 96 valence electrons. The fourth-order valence-corrected chi connectivity index (χ4v) is 5.51. The van der Waals surface area contributed by atoms with E-state index in [4.69, 9.17) is 23.2 Å². The molecule has 1 aliphatic rings. The number of hydrogen-bond donors (Lipinski definition) is 1. The summed E-state index contributed by atoms with van der Waals surface area (Å²) in [7, 11) is -3.03.